The summed E-state index contributed by atoms with van der Waals surface area (Å²) in [5.74, 6) is 0.774. The van der Waals surface area contributed by atoms with Crippen molar-refractivity contribution in [3.8, 4) is 33.9 Å². The zero-order valence-corrected chi connectivity index (χ0v) is 19.4. The molecule has 0 aliphatic heterocycles. The molecule has 2 heteroatoms. The van der Waals surface area contributed by atoms with Gasteiger partial charge in [0.15, 0.2) is 5.82 Å². The first-order chi connectivity index (χ1) is 15.6. The van der Waals surface area contributed by atoms with Crippen LogP contribution in [0.4, 0.5) is 0 Å². The average Bonchev–Trinajstić information content (AvgIpc) is 2.83. The van der Waals surface area contributed by atoms with Crippen LogP contribution in [0.25, 0.3) is 33.9 Å². The maximum Gasteiger partial charge on any atom is 0.160 e. The number of nitrogens with zero attached hydrogens (tertiary/aromatic N) is 2. The van der Waals surface area contributed by atoms with Gasteiger partial charge in [-0.1, -0.05) is 110 Å². The van der Waals surface area contributed by atoms with Crippen LogP contribution in [0.2, 0.25) is 0 Å². The highest BCUT2D eigenvalue weighted by atomic mass is 14.9. The molecule has 0 aliphatic rings. The second-order valence-corrected chi connectivity index (χ2v) is 8.70. The van der Waals surface area contributed by atoms with Crippen LogP contribution < -0.4 is 0 Å². The molecule has 0 saturated carbocycles. The molecule has 0 N–H and O–H groups in total. The molecule has 1 heterocycles. The molecule has 0 amide bonds. The number of hydrogen-bond donors (Lipinski definition) is 0. The Kier molecular flexibility index (Phi) is 7.11. The minimum Gasteiger partial charge on any atom is -0.228 e. The monoisotopic (exact) mass is 420 g/mol. The quantitative estimate of drug-likeness (QED) is 0.268. The first-order valence-electron chi connectivity index (χ1n) is 11.7. The van der Waals surface area contributed by atoms with Crippen molar-refractivity contribution < 1.29 is 0 Å². The summed E-state index contributed by atoms with van der Waals surface area (Å²) in [6.45, 7) is 6.47. The Bertz CT molecular complexity index is 1080. The fourth-order valence-electron chi connectivity index (χ4n) is 3.90. The maximum absolute atomic E-state index is 4.95. The Balaban J connectivity index is 1.69. The van der Waals surface area contributed by atoms with Gasteiger partial charge in [-0.15, -0.1) is 0 Å². The summed E-state index contributed by atoms with van der Waals surface area (Å²) >= 11 is 0. The molecule has 1 aromatic heterocycles. The molecule has 0 bridgehead atoms. The van der Waals surface area contributed by atoms with Gasteiger partial charge in [0.2, 0.25) is 0 Å². The number of aryl methyl sites for hydroxylation is 3. The summed E-state index contributed by atoms with van der Waals surface area (Å²) < 4.78 is 0. The van der Waals surface area contributed by atoms with Gasteiger partial charge in [0.25, 0.3) is 0 Å². The van der Waals surface area contributed by atoms with E-state index >= 15 is 0 Å². The van der Waals surface area contributed by atoms with E-state index in [0.717, 1.165) is 40.3 Å². The van der Waals surface area contributed by atoms with E-state index in [1.165, 1.54) is 42.4 Å². The number of rotatable bonds is 8. The highest BCUT2D eigenvalue weighted by Crippen LogP contribution is 2.28. The molecule has 32 heavy (non-hydrogen) atoms. The van der Waals surface area contributed by atoms with E-state index in [1.807, 2.05) is 0 Å². The summed E-state index contributed by atoms with van der Waals surface area (Å²) in [4.78, 5) is 9.90. The second kappa shape index (κ2) is 10.4. The van der Waals surface area contributed by atoms with Crippen molar-refractivity contribution in [3.05, 3.63) is 95.6 Å². The lowest BCUT2D eigenvalue weighted by Gasteiger charge is -2.10. The fraction of sp³-hybridized carbons (Fsp3) is 0.267. The molecule has 0 fully saturated rings. The first-order valence-corrected chi connectivity index (χ1v) is 11.7. The van der Waals surface area contributed by atoms with Crippen molar-refractivity contribution in [2.75, 3.05) is 0 Å². The molecule has 4 aromatic rings. The van der Waals surface area contributed by atoms with Gasteiger partial charge in [0.05, 0.1) is 11.4 Å². The topological polar surface area (TPSA) is 25.8 Å². The molecular formula is C30H32N2. The Morgan fingerprint density at radius 3 is 1.56 bits per heavy atom. The van der Waals surface area contributed by atoms with Crippen LogP contribution in [0.3, 0.4) is 0 Å². The van der Waals surface area contributed by atoms with Gasteiger partial charge in [0.1, 0.15) is 0 Å². The average molecular weight is 421 g/mol. The molecule has 0 unspecified atom stereocenters. The Labute approximate surface area is 192 Å². The van der Waals surface area contributed by atoms with Gasteiger partial charge < -0.3 is 0 Å². The van der Waals surface area contributed by atoms with Crippen LogP contribution in [0, 0.1) is 13.8 Å². The molecule has 3 aromatic carbocycles. The predicted octanol–water partition coefficient (Wildman–Crippen LogP) is 8.22. The first kappa shape index (κ1) is 22.0. The van der Waals surface area contributed by atoms with Crippen molar-refractivity contribution in [2.24, 2.45) is 0 Å². The number of unbranched alkanes of at least 4 members (excludes halogenated alkanes) is 3. The third-order valence-corrected chi connectivity index (χ3v) is 5.95. The van der Waals surface area contributed by atoms with Crippen LogP contribution in [-0.4, -0.2) is 9.97 Å². The van der Waals surface area contributed by atoms with E-state index in [2.05, 4.69) is 99.6 Å². The number of benzene rings is 3. The van der Waals surface area contributed by atoms with Crippen molar-refractivity contribution in [1.29, 1.82) is 0 Å². The Morgan fingerprint density at radius 2 is 1.06 bits per heavy atom. The van der Waals surface area contributed by atoms with Gasteiger partial charge in [-0.25, -0.2) is 9.97 Å². The molecule has 162 valence electrons. The lowest BCUT2D eigenvalue weighted by atomic mass is 10.0. The SMILES string of the molecule is CCCCCCc1ccc(-c2nc(-c3ccc(C)cc3)cc(-c3ccc(C)cc3)n2)cc1. The summed E-state index contributed by atoms with van der Waals surface area (Å²) in [5, 5.41) is 0. The summed E-state index contributed by atoms with van der Waals surface area (Å²) in [7, 11) is 0. The summed E-state index contributed by atoms with van der Waals surface area (Å²) in [6.07, 6.45) is 6.29. The smallest absolute Gasteiger partial charge is 0.160 e. The van der Waals surface area contributed by atoms with E-state index < -0.39 is 0 Å². The van der Waals surface area contributed by atoms with Gasteiger partial charge in [-0.05, 0) is 38.3 Å². The molecule has 0 aliphatic carbocycles. The molecule has 0 atom stereocenters. The van der Waals surface area contributed by atoms with Crippen molar-refractivity contribution >= 4 is 0 Å². The second-order valence-electron chi connectivity index (χ2n) is 8.70. The predicted molar refractivity (Wildman–Crippen MR) is 136 cm³/mol. The van der Waals surface area contributed by atoms with Gasteiger partial charge in [0, 0.05) is 16.7 Å². The minimum absolute atomic E-state index is 0.774. The van der Waals surface area contributed by atoms with Crippen molar-refractivity contribution in [3.63, 3.8) is 0 Å². The standard InChI is InChI=1S/C30H32N2/c1-4-5-6-7-8-24-13-19-27(20-14-24)30-31-28(25-15-9-22(2)10-16-25)21-29(32-30)26-17-11-23(3)12-18-26/h9-21H,4-8H2,1-3H3. The van der Waals surface area contributed by atoms with E-state index in [0.29, 0.717) is 0 Å². The number of aromatic nitrogens is 2. The van der Waals surface area contributed by atoms with Gasteiger partial charge >= 0.3 is 0 Å². The molecule has 0 saturated heterocycles. The Hall–Kier alpha value is -3.26. The lowest BCUT2D eigenvalue weighted by Crippen LogP contribution is -1.96. The van der Waals surface area contributed by atoms with Gasteiger partial charge in [-0.2, -0.15) is 0 Å². The van der Waals surface area contributed by atoms with E-state index in [1.54, 1.807) is 0 Å². The maximum atomic E-state index is 4.95. The highest BCUT2D eigenvalue weighted by molar-refractivity contribution is 5.72. The third-order valence-electron chi connectivity index (χ3n) is 5.95. The molecule has 4 rings (SSSR count). The van der Waals surface area contributed by atoms with E-state index in [9.17, 15) is 0 Å². The van der Waals surface area contributed by atoms with Gasteiger partial charge in [-0.3, -0.25) is 0 Å². The fourth-order valence-corrected chi connectivity index (χ4v) is 3.90. The van der Waals surface area contributed by atoms with E-state index in [4.69, 9.17) is 9.97 Å². The molecule has 0 spiro atoms. The van der Waals surface area contributed by atoms with Crippen LogP contribution >= 0.6 is 0 Å². The molecular weight excluding hydrogens is 388 g/mol. The normalized spacial score (nSPS) is 11.0. The zero-order valence-electron chi connectivity index (χ0n) is 19.4. The van der Waals surface area contributed by atoms with Crippen molar-refractivity contribution in [1.82, 2.24) is 9.97 Å². The van der Waals surface area contributed by atoms with Crippen LogP contribution in [0.15, 0.2) is 78.9 Å². The Morgan fingerprint density at radius 1 is 0.562 bits per heavy atom. The summed E-state index contributed by atoms with van der Waals surface area (Å²) in [6, 6.07) is 28.0. The highest BCUT2D eigenvalue weighted by Gasteiger charge is 2.11. The largest absolute Gasteiger partial charge is 0.228 e. The minimum atomic E-state index is 0.774. The summed E-state index contributed by atoms with van der Waals surface area (Å²) in [5.41, 5.74) is 9.07. The van der Waals surface area contributed by atoms with Crippen LogP contribution in [0.1, 0.15) is 49.3 Å². The zero-order chi connectivity index (χ0) is 22.3. The van der Waals surface area contributed by atoms with Crippen LogP contribution in [-0.2, 0) is 6.42 Å². The van der Waals surface area contributed by atoms with Crippen molar-refractivity contribution in [2.45, 2.75) is 52.9 Å². The molecule has 2 nitrogen and oxygen atoms in total. The van der Waals surface area contributed by atoms with Crippen LogP contribution in [0.5, 0.6) is 0 Å². The molecule has 0 radical (unpaired) electrons. The lowest BCUT2D eigenvalue weighted by molar-refractivity contribution is 0.667. The third kappa shape index (κ3) is 5.50. The van der Waals surface area contributed by atoms with E-state index in [-0.39, 0.29) is 0 Å². The number of hydrogen-bond acceptors (Lipinski definition) is 2.